The van der Waals surface area contributed by atoms with E-state index in [1.165, 1.54) is 32.1 Å². The van der Waals surface area contributed by atoms with E-state index in [1.54, 1.807) is 19.5 Å². The zero-order valence-electron chi connectivity index (χ0n) is 17.4. The molecule has 28 heavy (non-hydrogen) atoms. The Bertz CT molecular complexity index is 609. The third-order valence-corrected chi connectivity index (χ3v) is 6.29. The molecule has 1 aromatic rings. The lowest BCUT2D eigenvalue weighted by molar-refractivity contribution is -0.127. The van der Waals surface area contributed by atoms with Crippen molar-refractivity contribution in [3.8, 4) is 11.8 Å². The molecule has 0 aromatic carbocycles. The lowest BCUT2D eigenvalue weighted by atomic mass is 9.79. The van der Waals surface area contributed by atoms with Gasteiger partial charge in [-0.2, -0.15) is 4.98 Å². The SMILES string of the molecule is CCCCC1CCC(C(=O)NC2CCC(Oc3cncc(OC)n3)CC2)CC1. The molecule has 0 saturated heterocycles. The molecule has 0 aliphatic heterocycles. The summed E-state index contributed by atoms with van der Waals surface area (Å²) >= 11 is 0. The van der Waals surface area contributed by atoms with Crippen LogP contribution in [0.15, 0.2) is 12.4 Å². The molecule has 0 bridgehead atoms. The second-order valence-electron chi connectivity index (χ2n) is 8.36. The molecule has 1 N–H and O–H groups in total. The molecule has 0 unspecified atom stereocenters. The number of aromatic nitrogens is 2. The summed E-state index contributed by atoms with van der Waals surface area (Å²) in [5.41, 5.74) is 0. The molecule has 1 aromatic heterocycles. The number of unbranched alkanes of at least 4 members (excludes halogenated alkanes) is 1. The summed E-state index contributed by atoms with van der Waals surface area (Å²) in [5.74, 6) is 2.31. The summed E-state index contributed by atoms with van der Waals surface area (Å²) in [5, 5.41) is 3.31. The number of rotatable bonds is 8. The quantitative estimate of drug-likeness (QED) is 0.718. The van der Waals surface area contributed by atoms with Crippen LogP contribution in [0.3, 0.4) is 0 Å². The average Bonchev–Trinajstić information content (AvgIpc) is 2.74. The van der Waals surface area contributed by atoms with Gasteiger partial charge in [0.05, 0.1) is 19.5 Å². The predicted octanol–water partition coefficient (Wildman–Crippen LogP) is 4.29. The number of amides is 1. The molecule has 1 heterocycles. The van der Waals surface area contributed by atoms with E-state index < -0.39 is 0 Å². The Morgan fingerprint density at radius 1 is 1.07 bits per heavy atom. The minimum absolute atomic E-state index is 0.128. The Kier molecular flexibility index (Phi) is 7.92. The molecule has 0 atom stereocenters. The summed E-state index contributed by atoms with van der Waals surface area (Å²) in [6, 6.07) is 0.279. The Hall–Kier alpha value is -1.85. The van der Waals surface area contributed by atoms with E-state index in [0.717, 1.165) is 44.4 Å². The fourth-order valence-corrected chi connectivity index (χ4v) is 4.51. The summed E-state index contributed by atoms with van der Waals surface area (Å²) in [7, 11) is 1.57. The van der Waals surface area contributed by atoms with Gasteiger partial charge in [0.2, 0.25) is 17.7 Å². The molecule has 0 radical (unpaired) electrons. The van der Waals surface area contributed by atoms with Crippen molar-refractivity contribution >= 4 is 5.91 Å². The first-order chi connectivity index (χ1) is 13.7. The first-order valence-electron chi connectivity index (χ1n) is 11.0. The van der Waals surface area contributed by atoms with Crippen LogP contribution in [-0.4, -0.2) is 35.1 Å². The van der Waals surface area contributed by atoms with Gasteiger partial charge < -0.3 is 14.8 Å². The van der Waals surface area contributed by atoms with E-state index in [-0.39, 0.29) is 24.0 Å². The minimum atomic E-state index is 0.128. The van der Waals surface area contributed by atoms with Gasteiger partial charge in [-0.25, -0.2) is 0 Å². The van der Waals surface area contributed by atoms with Crippen LogP contribution in [0.5, 0.6) is 11.8 Å². The molecule has 3 rings (SSSR count). The second kappa shape index (κ2) is 10.6. The molecule has 2 aliphatic rings. The summed E-state index contributed by atoms with van der Waals surface area (Å²) in [6.07, 6.45) is 15.6. The Morgan fingerprint density at radius 3 is 2.46 bits per heavy atom. The van der Waals surface area contributed by atoms with Gasteiger partial charge in [-0.3, -0.25) is 9.78 Å². The maximum atomic E-state index is 12.7. The predicted molar refractivity (Wildman–Crippen MR) is 108 cm³/mol. The molecule has 6 nitrogen and oxygen atoms in total. The van der Waals surface area contributed by atoms with Crippen molar-refractivity contribution in [2.24, 2.45) is 11.8 Å². The van der Waals surface area contributed by atoms with Gasteiger partial charge in [-0.15, -0.1) is 0 Å². The number of nitrogens with zero attached hydrogens (tertiary/aromatic N) is 2. The van der Waals surface area contributed by atoms with Gasteiger partial charge in [-0.05, 0) is 57.3 Å². The normalized spacial score (nSPS) is 27.8. The monoisotopic (exact) mass is 389 g/mol. The topological polar surface area (TPSA) is 73.3 Å². The lowest BCUT2D eigenvalue weighted by Gasteiger charge is -2.32. The fraction of sp³-hybridized carbons (Fsp3) is 0.773. The Labute approximate surface area is 168 Å². The number of hydrogen-bond acceptors (Lipinski definition) is 5. The number of nitrogens with one attached hydrogen (secondary N) is 1. The van der Waals surface area contributed by atoms with Crippen LogP contribution < -0.4 is 14.8 Å². The molecular weight excluding hydrogens is 354 g/mol. The highest BCUT2D eigenvalue weighted by molar-refractivity contribution is 5.79. The molecule has 2 fully saturated rings. The van der Waals surface area contributed by atoms with Crippen molar-refractivity contribution in [2.45, 2.75) is 89.7 Å². The highest BCUT2D eigenvalue weighted by atomic mass is 16.5. The van der Waals surface area contributed by atoms with E-state index in [0.29, 0.717) is 11.8 Å². The second-order valence-corrected chi connectivity index (χ2v) is 8.36. The molecule has 156 valence electrons. The van der Waals surface area contributed by atoms with Crippen LogP contribution in [0.4, 0.5) is 0 Å². The molecule has 6 heteroatoms. The smallest absolute Gasteiger partial charge is 0.235 e. The van der Waals surface area contributed by atoms with Crippen molar-refractivity contribution in [3.63, 3.8) is 0 Å². The third-order valence-electron chi connectivity index (χ3n) is 6.29. The molecular formula is C22H35N3O3. The van der Waals surface area contributed by atoms with Crippen molar-refractivity contribution in [1.29, 1.82) is 0 Å². The lowest BCUT2D eigenvalue weighted by Crippen LogP contribution is -2.43. The molecule has 1 amide bonds. The number of methoxy groups -OCH3 is 1. The van der Waals surface area contributed by atoms with Gasteiger partial charge in [-0.1, -0.05) is 26.2 Å². The molecule has 0 spiro atoms. The van der Waals surface area contributed by atoms with Crippen LogP contribution in [0, 0.1) is 11.8 Å². The largest absolute Gasteiger partial charge is 0.480 e. The zero-order valence-corrected chi connectivity index (χ0v) is 17.4. The summed E-state index contributed by atoms with van der Waals surface area (Å²) < 4.78 is 11.0. The van der Waals surface area contributed by atoms with Crippen LogP contribution in [-0.2, 0) is 4.79 Å². The van der Waals surface area contributed by atoms with Crippen LogP contribution >= 0.6 is 0 Å². The van der Waals surface area contributed by atoms with Crippen LogP contribution in [0.25, 0.3) is 0 Å². The van der Waals surface area contributed by atoms with E-state index >= 15 is 0 Å². The molecule has 2 aliphatic carbocycles. The molecule has 2 saturated carbocycles. The van der Waals surface area contributed by atoms with Crippen LogP contribution in [0.1, 0.15) is 77.6 Å². The zero-order chi connectivity index (χ0) is 19.8. The Morgan fingerprint density at radius 2 is 1.79 bits per heavy atom. The highest BCUT2D eigenvalue weighted by Gasteiger charge is 2.29. The van der Waals surface area contributed by atoms with Gasteiger partial charge in [0.15, 0.2) is 0 Å². The number of carbonyl (C=O) groups is 1. The van der Waals surface area contributed by atoms with Crippen molar-refractivity contribution in [1.82, 2.24) is 15.3 Å². The Balaban J connectivity index is 1.36. The van der Waals surface area contributed by atoms with E-state index in [2.05, 4.69) is 22.2 Å². The van der Waals surface area contributed by atoms with E-state index in [1.807, 2.05) is 0 Å². The maximum absolute atomic E-state index is 12.7. The number of hydrogen-bond donors (Lipinski definition) is 1. The van der Waals surface area contributed by atoms with Crippen LogP contribution in [0.2, 0.25) is 0 Å². The van der Waals surface area contributed by atoms with Crippen molar-refractivity contribution < 1.29 is 14.3 Å². The average molecular weight is 390 g/mol. The summed E-state index contributed by atoms with van der Waals surface area (Å²) in [6.45, 7) is 2.25. The number of carbonyl (C=O) groups excluding carboxylic acids is 1. The first-order valence-corrected chi connectivity index (χ1v) is 11.0. The van der Waals surface area contributed by atoms with E-state index in [9.17, 15) is 4.79 Å². The third kappa shape index (κ3) is 6.08. The number of ether oxygens (including phenoxy) is 2. The highest BCUT2D eigenvalue weighted by Crippen LogP contribution is 2.32. The minimum Gasteiger partial charge on any atom is -0.480 e. The summed E-state index contributed by atoms with van der Waals surface area (Å²) in [4.78, 5) is 21.0. The van der Waals surface area contributed by atoms with Gasteiger partial charge in [0.25, 0.3) is 0 Å². The standard InChI is InChI=1S/C22H35N3O3/c1-3-4-5-16-6-8-17(9-7-16)22(26)24-18-10-12-19(13-11-18)28-21-15-23-14-20(25-21)27-2/h14-19H,3-13H2,1-2H3,(H,24,26). The maximum Gasteiger partial charge on any atom is 0.235 e. The van der Waals surface area contributed by atoms with Gasteiger partial charge in [0.1, 0.15) is 6.10 Å². The first kappa shape index (κ1) is 20.9. The van der Waals surface area contributed by atoms with Gasteiger partial charge >= 0.3 is 0 Å². The van der Waals surface area contributed by atoms with Crippen molar-refractivity contribution in [3.05, 3.63) is 12.4 Å². The van der Waals surface area contributed by atoms with Crippen molar-refractivity contribution in [2.75, 3.05) is 7.11 Å². The van der Waals surface area contributed by atoms with E-state index in [4.69, 9.17) is 9.47 Å². The fourth-order valence-electron chi connectivity index (χ4n) is 4.51. The van der Waals surface area contributed by atoms with Gasteiger partial charge in [0, 0.05) is 12.0 Å².